The molecule has 0 bridgehead atoms. The van der Waals surface area contributed by atoms with Gasteiger partial charge in [-0.25, -0.2) is 9.37 Å². The molecule has 1 heterocycles. The minimum Gasteiger partial charge on any atom is -0.508 e. The first-order valence-corrected chi connectivity index (χ1v) is 6.14. The van der Waals surface area contributed by atoms with Gasteiger partial charge in [0, 0.05) is 17.7 Å². The van der Waals surface area contributed by atoms with Crippen LogP contribution in [-0.2, 0) is 0 Å². The minimum absolute atomic E-state index is 0.0595. The lowest BCUT2D eigenvalue weighted by molar-refractivity contribution is 0.373. The second-order valence-electron chi connectivity index (χ2n) is 4.62. The highest BCUT2D eigenvalue weighted by molar-refractivity contribution is 5.35. The smallest absolute Gasteiger partial charge is 0.211 e. The molecule has 1 aromatic carbocycles. The number of aromatic hydroxyl groups is 1. The van der Waals surface area contributed by atoms with E-state index in [2.05, 4.69) is 10.3 Å². The summed E-state index contributed by atoms with van der Waals surface area (Å²) < 4.78 is 18.4. The van der Waals surface area contributed by atoms with Crippen LogP contribution in [0.1, 0.15) is 43.1 Å². The lowest BCUT2D eigenvalue weighted by Gasteiger charge is -2.19. The van der Waals surface area contributed by atoms with Crippen LogP contribution >= 0.6 is 0 Å². The zero-order valence-electron chi connectivity index (χ0n) is 11.1. The molecule has 0 aliphatic heterocycles. The Morgan fingerprint density at radius 1 is 1.32 bits per heavy atom. The number of phenols is 1. The number of oxazole rings is 1. The molecule has 2 unspecified atom stereocenters. The van der Waals surface area contributed by atoms with E-state index in [4.69, 9.17) is 4.42 Å². The Labute approximate surface area is 111 Å². The minimum atomic E-state index is -0.454. The van der Waals surface area contributed by atoms with E-state index in [1.165, 1.54) is 6.07 Å². The summed E-state index contributed by atoms with van der Waals surface area (Å²) in [5.41, 5.74) is 0.636. The molecule has 2 aromatic rings. The van der Waals surface area contributed by atoms with Crippen LogP contribution in [0, 0.1) is 12.7 Å². The molecule has 2 N–H and O–H groups in total. The summed E-state index contributed by atoms with van der Waals surface area (Å²) in [5.74, 6) is 0.826. The molecular weight excluding hydrogens is 247 g/mol. The second kappa shape index (κ2) is 5.40. The van der Waals surface area contributed by atoms with Crippen LogP contribution in [0.25, 0.3) is 0 Å². The predicted octanol–water partition coefficient (Wildman–Crippen LogP) is 3.24. The molecule has 0 amide bonds. The van der Waals surface area contributed by atoms with Gasteiger partial charge < -0.3 is 9.52 Å². The van der Waals surface area contributed by atoms with Crippen LogP contribution in [-0.4, -0.2) is 10.1 Å². The monoisotopic (exact) mass is 264 g/mol. The SMILES string of the molecule is Cc1cnc(C(C)NC(C)c2ccc(F)cc2O)o1. The molecule has 0 saturated heterocycles. The predicted molar refractivity (Wildman–Crippen MR) is 69.3 cm³/mol. The summed E-state index contributed by atoms with van der Waals surface area (Å²) in [6, 6.07) is 3.74. The van der Waals surface area contributed by atoms with Crippen molar-refractivity contribution in [3.63, 3.8) is 0 Å². The molecule has 0 radical (unpaired) electrons. The Balaban J connectivity index is 2.10. The lowest BCUT2D eigenvalue weighted by Crippen LogP contribution is -2.22. The summed E-state index contributed by atoms with van der Waals surface area (Å²) >= 11 is 0. The van der Waals surface area contributed by atoms with Crippen LogP contribution in [0.4, 0.5) is 4.39 Å². The van der Waals surface area contributed by atoms with Crippen molar-refractivity contribution in [3.8, 4) is 5.75 Å². The fourth-order valence-corrected chi connectivity index (χ4v) is 1.99. The summed E-state index contributed by atoms with van der Waals surface area (Å²) in [6.45, 7) is 5.64. The second-order valence-corrected chi connectivity index (χ2v) is 4.62. The van der Waals surface area contributed by atoms with Gasteiger partial charge in [-0.15, -0.1) is 0 Å². The number of nitrogens with zero attached hydrogens (tertiary/aromatic N) is 1. The third-order valence-corrected chi connectivity index (χ3v) is 2.97. The van der Waals surface area contributed by atoms with Crippen molar-refractivity contribution in [2.75, 3.05) is 0 Å². The van der Waals surface area contributed by atoms with Gasteiger partial charge in [-0.05, 0) is 26.8 Å². The largest absolute Gasteiger partial charge is 0.508 e. The molecule has 0 fully saturated rings. The summed E-state index contributed by atoms with van der Waals surface area (Å²) in [4.78, 5) is 4.15. The maximum Gasteiger partial charge on any atom is 0.211 e. The molecule has 4 nitrogen and oxygen atoms in total. The maximum absolute atomic E-state index is 12.9. The maximum atomic E-state index is 12.9. The Morgan fingerprint density at radius 3 is 2.63 bits per heavy atom. The fraction of sp³-hybridized carbons (Fsp3) is 0.357. The topological polar surface area (TPSA) is 58.3 Å². The summed E-state index contributed by atoms with van der Waals surface area (Å²) in [5, 5.41) is 13.0. The van der Waals surface area contributed by atoms with E-state index in [1.54, 1.807) is 12.3 Å². The number of nitrogens with one attached hydrogen (secondary N) is 1. The molecule has 0 aliphatic rings. The average Bonchev–Trinajstić information content (AvgIpc) is 2.75. The zero-order valence-corrected chi connectivity index (χ0v) is 11.1. The van der Waals surface area contributed by atoms with E-state index < -0.39 is 5.82 Å². The number of benzene rings is 1. The highest BCUT2D eigenvalue weighted by Crippen LogP contribution is 2.26. The first-order chi connectivity index (χ1) is 8.97. The third-order valence-electron chi connectivity index (χ3n) is 2.97. The Bertz CT molecular complexity index is 568. The first kappa shape index (κ1) is 13.5. The molecule has 2 atom stereocenters. The number of rotatable bonds is 4. The standard InChI is InChI=1S/C14H17FN2O2/c1-8-7-16-14(19-8)10(3)17-9(2)12-5-4-11(15)6-13(12)18/h4-7,9-10,17-18H,1-3H3. The van der Waals surface area contributed by atoms with Crippen molar-refractivity contribution in [2.45, 2.75) is 32.9 Å². The van der Waals surface area contributed by atoms with Gasteiger partial charge in [-0.3, -0.25) is 5.32 Å². The van der Waals surface area contributed by atoms with E-state index in [1.807, 2.05) is 20.8 Å². The van der Waals surface area contributed by atoms with Crippen molar-refractivity contribution >= 4 is 0 Å². The average molecular weight is 264 g/mol. The van der Waals surface area contributed by atoms with Crippen molar-refractivity contribution in [1.82, 2.24) is 10.3 Å². The molecule has 2 rings (SSSR count). The molecule has 19 heavy (non-hydrogen) atoms. The van der Waals surface area contributed by atoms with Gasteiger partial charge in [0.15, 0.2) is 0 Å². The normalized spacial score (nSPS) is 14.3. The highest BCUT2D eigenvalue weighted by atomic mass is 19.1. The molecule has 0 aliphatic carbocycles. The Kier molecular flexibility index (Phi) is 3.85. The van der Waals surface area contributed by atoms with Gasteiger partial charge >= 0.3 is 0 Å². The van der Waals surface area contributed by atoms with Crippen molar-refractivity contribution in [2.24, 2.45) is 0 Å². The van der Waals surface area contributed by atoms with Gasteiger partial charge in [-0.1, -0.05) is 6.07 Å². The van der Waals surface area contributed by atoms with Gasteiger partial charge in [-0.2, -0.15) is 0 Å². The first-order valence-electron chi connectivity index (χ1n) is 6.14. The van der Waals surface area contributed by atoms with Gasteiger partial charge in [0.05, 0.1) is 12.2 Å². The number of hydrogen-bond donors (Lipinski definition) is 2. The molecule has 5 heteroatoms. The van der Waals surface area contributed by atoms with Crippen LogP contribution < -0.4 is 5.32 Å². The van der Waals surface area contributed by atoms with Crippen LogP contribution in [0.15, 0.2) is 28.8 Å². The highest BCUT2D eigenvalue weighted by Gasteiger charge is 2.17. The zero-order chi connectivity index (χ0) is 14.0. The Morgan fingerprint density at radius 2 is 2.05 bits per heavy atom. The van der Waals surface area contributed by atoms with Gasteiger partial charge in [0.1, 0.15) is 17.3 Å². The van der Waals surface area contributed by atoms with E-state index in [0.29, 0.717) is 11.5 Å². The number of aromatic nitrogens is 1. The quantitative estimate of drug-likeness (QED) is 0.890. The van der Waals surface area contributed by atoms with Gasteiger partial charge in [0.2, 0.25) is 5.89 Å². The van der Waals surface area contributed by atoms with E-state index in [9.17, 15) is 9.50 Å². The number of hydrogen-bond acceptors (Lipinski definition) is 4. The van der Waals surface area contributed by atoms with E-state index in [-0.39, 0.29) is 17.8 Å². The van der Waals surface area contributed by atoms with E-state index >= 15 is 0 Å². The van der Waals surface area contributed by atoms with Gasteiger partial charge in [0.25, 0.3) is 0 Å². The molecular formula is C14H17FN2O2. The summed E-state index contributed by atoms with van der Waals surface area (Å²) in [6.07, 6.45) is 1.66. The number of aryl methyl sites for hydroxylation is 1. The van der Waals surface area contributed by atoms with Crippen LogP contribution in [0.5, 0.6) is 5.75 Å². The third kappa shape index (κ3) is 3.12. The van der Waals surface area contributed by atoms with Crippen molar-refractivity contribution < 1.29 is 13.9 Å². The Hall–Kier alpha value is -1.88. The molecule has 102 valence electrons. The van der Waals surface area contributed by atoms with Crippen molar-refractivity contribution in [3.05, 3.63) is 47.4 Å². The fourth-order valence-electron chi connectivity index (χ4n) is 1.99. The summed E-state index contributed by atoms with van der Waals surface area (Å²) in [7, 11) is 0. The van der Waals surface area contributed by atoms with Crippen molar-refractivity contribution in [1.29, 1.82) is 0 Å². The molecule has 0 saturated carbocycles. The van der Waals surface area contributed by atoms with Crippen LogP contribution in [0.3, 0.4) is 0 Å². The molecule has 1 aromatic heterocycles. The number of halogens is 1. The number of phenolic OH excluding ortho intramolecular Hbond substituents is 1. The van der Waals surface area contributed by atoms with E-state index in [0.717, 1.165) is 11.8 Å². The lowest BCUT2D eigenvalue weighted by atomic mass is 10.1. The van der Waals surface area contributed by atoms with Crippen LogP contribution in [0.2, 0.25) is 0 Å². The molecule has 0 spiro atoms.